The monoisotopic (exact) mass is 264 g/mol. The van der Waals surface area contributed by atoms with Gasteiger partial charge in [0.2, 0.25) is 0 Å². The zero-order valence-electron chi connectivity index (χ0n) is 10.5. The van der Waals surface area contributed by atoms with Crippen LogP contribution in [0.1, 0.15) is 25.2 Å². The molecule has 1 aromatic heterocycles. The summed E-state index contributed by atoms with van der Waals surface area (Å²) in [5, 5.41) is 20.2. The number of halogens is 1. The van der Waals surface area contributed by atoms with Crippen LogP contribution in [0, 0.1) is 5.82 Å². The van der Waals surface area contributed by atoms with Gasteiger partial charge >= 0.3 is 5.97 Å². The van der Waals surface area contributed by atoms with E-state index in [0.29, 0.717) is 11.4 Å². The Morgan fingerprint density at radius 1 is 1.47 bits per heavy atom. The summed E-state index contributed by atoms with van der Waals surface area (Å²) in [5.74, 6) is -1.02. The lowest BCUT2D eigenvalue weighted by Crippen LogP contribution is -2.38. The van der Waals surface area contributed by atoms with Crippen molar-refractivity contribution < 1.29 is 14.3 Å². The van der Waals surface area contributed by atoms with Crippen LogP contribution in [-0.4, -0.2) is 31.3 Å². The van der Waals surface area contributed by atoms with Crippen LogP contribution >= 0.6 is 0 Å². The second kappa shape index (κ2) is 4.75. The summed E-state index contributed by atoms with van der Waals surface area (Å²) in [4.78, 5) is 11.2. The maximum Gasteiger partial charge on any atom is 0.331 e. The Bertz CT molecular complexity index is 609. The van der Waals surface area contributed by atoms with Crippen molar-refractivity contribution in [2.45, 2.75) is 25.8 Å². The number of tetrazole rings is 1. The first kappa shape index (κ1) is 13.1. The molecule has 0 spiro atoms. The van der Waals surface area contributed by atoms with Crippen molar-refractivity contribution >= 4 is 5.97 Å². The van der Waals surface area contributed by atoms with Crippen molar-refractivity contribution in [1.82, 2.24) is 20.2 Å². The Labute approximate surface area is 108 Å². The second-order valence-corrected chi connectivity index (χ2v) is 4.68. The molecular formula is C12H13FN4O2. The molecule has 0 fully saturated rings. The SMILES string of the molecule is CC(C)(C(=O)O)n1nnnc1Cc1cccc(F)c1. The molecule has 2 rings (SSSR count). The van der Waals surface area contributed by atoms with E-state index in [0.717, 1.165) is 0 Å². The van der Waals surface area contributed by atoms with Crippen molar-refractivity contribution in [2.24, 2.45) is 0 Å². The standard InChI is InChI=1S/C12H13FN4O2/c1-12(2,11(18)19)17-10(14-15-16-17)7-8-4-3-5-9(13)6-8/h3-6H,7H2,1-2H3,(H,18,19). The van der Waals surface area contributed by atoms with Crippen LogP contribution < -0.4 is 0 Å². The van der Waals surface area contributed by atoms with Crippen LogP contribution in [0.2, 0.25) is 0 Å². The second-order valence-electron chi connectivity index (χ2n) is 4.68. The Hall–Kier alpha value is -2.31. The van der Waals surface area contributed by atoms with E-state index in [2.05, 4.69) is 15.5 Å². The predicted molar refractivity (Wildman–Crippen MR) is 64.0 cm³/mol. The largest absolute Gasteiger partial charge is 0.479 e. The third-order valence-electron chi connectivity index (χ3n) is 2.84. The van der Waals surface area contributed by atoms with Crippen molar-refractivity contribution in [2.75, 3.05) is 0 Å². The summed E-state index contributed by atoms with van der Waals surface area (Å²) in [7, 11) is 0. The van der Waals surface area contributed by atoms with E-state index >= 15 is 0 Å². The van der Waals surface area contributed by atoms with Gasteiger partial charge in [-0.25, -0.2) is 13.9 Å². The van der Waals surface area contributed by atoms with Crippen LogP contribution in [0.4, 0.5) is 4.39 Å². The molecule has 0 saturated carbocycles. The highest BCUT2D eigenvalue weighted by atomic mass is 19.1. The van der Waals surface area contributed by atoms with E-state index in [1.165, 1.54) is 30.7 Å². The molecule has 1 heterocycles. The fourth-order valence-corrected chi connectivity index (χ4v) is 1.67. The van der Waals surface area contributed by atoms with Gasteiger partial charge in [-0.2, -0.15) is 0 Å². The maximum absolute atomic E-state index is 13.1. The van der Waals surface area contributed by atoms with E-state index in [1.54, 1.807) is 12.1 Å². The number of rotatable bonds is 4. The highest BCUT2D eigenvalue weighted by molar-refractivity contribution is 5.75. The van der Waals surface area contributed by atoms with Gasteiger partial charge in [-0.15, -0.1) is 5.10 Å². The number of aromatic nitrogens is 4. The molecule has 1 N–H and O–H groups in total. The minimum absolute atomic E-state index is 0.265. The number of hydrogen-bond donors (Lipinski definition) is 1. The van der Waals surface area contributed by atoms with Gasteiger partial charge in [-0.3, -0.25) is 0 Å². The average Bonchev–Trinajstić information content (AvgIpc) is 2.77. The van der Waals surface area contributed by atoms with Gasteiger partial charge in [0.25, 0.3) is 0 Å². The highest BCUT2D eigenvalue weighted by Crippen LogP contribution is 2.17. The van der Waals surface area contributed by atoms with Gasteiger partial charge in [-0.05, 0) is 42.0 Å². The maximum atomic E-state index is 13.1. The number of aliphatic carboxylic acids is 1. The first-order valence-electron chi connectivity index (χ1n) is 5.67. The van der Waals surface area contributed by atoms with Gasteiger partial charge in [0.15, 0.2) is 11.4 Å². The normalized spacial score (nSPS) is 11.5. The number of benzene rings is 1. The molecule has 0 saturated heterocycles. The molecule has 100 valence electrons. The van der Waals surface area contributed by atoms with E-state index in [9.17, 15) is 14.3 Å². The summed E-state index contributed by atoms with van der Waals surface area (Å²) in [6.07, 6.45) is 0.265. The van der Waals surface area contributed by atoms with E-state index < -0.39 is 11.5 Å². The number of hydrogen-bond acceptors (Lipinski definition) is 4. The Kier molecular flexibility index (Phi) is 3.28. The molecule has 0 unspecified atom stereocenters. The van der Waals surface area contributed by atoms with E-state index in [4.69, 9.17) is 0 Å². The fourth-order valence-electron chi connectivity index (χ4n) is 1.67. The van der Waals surface area contributed by atoms with Gasteiger partial charge in [0.1, 0.15) is 5.82 Å². The molecule has 6 nitrogen and oxygen atoms in total. The third kappa shape index (κ3) is 2.59. The predicted octanol–water partition coefficient (Wildman–Crippen LogP) is 1.22. The van der Waals surface area contributed by atoms with E-state index in [1.807, 2.05) is 0 Å². The van der Waals surface area contributed by atoms with Crippen LogP contribution in [0.25, 0.3) is 0 Å². The molecule has 7 heteroatoms. The minimum Gasteiger partial charge on any atom is -0.479 e. The molecule has 0 bridgehead atoms. The lowest BCUT2D eigenvalue weighted by Gasteiger charge is -2.20. The molecule has 0 atom stereocenters. The van der Waals surface area contributed by atoms with E-state index in [-0.39, 0.29) is 12.2 Å². The lowest BCUT2D eigenvalue weighted by molar-refractivity contribution is -0.146. The molecule has 0 aliphatic heterocycles. The molecule has 19 heavy (non-hydrogen) atoms. The molecule has 0 radical (unpaired) electrons. The zero-order valence-corrected chi connectivity index (χ0v) is 10.5. The first-order chi connectivity index (χ1) is 8.91. The Morgan fingerprint density at radius 2 is 2.21 bits per heavy atom. The van der Waals surface area contributed by atoms with Crippen LogP contribution in [0.5, 0.6) is 0 Å². The van der Waals surface area contributed by atoms with Crippen molar-refractivity contribution in [3.05, 3.63) is 41.5 Å². The number of carboxylic acids is 1. The highest BCUT2D eigenvalue weighted by Gasteiger charge is 2.33. The number of carbonyl (C=O) groups is 1. The third-order valence-corrected chi connectivity index (χ3v) is 2.84. The Morgan fingerprint density at radius 3 is 2.84 bits per heavy atom. The fraction of sp³-hybridized carbons (Fsp3) is 0.333. The van der Waals surface area contributed by atoms with Crippen LogP contribution in [0.15, 0.2) is 24.3 Å². The average molecular weight is 264 g/mol. The molecule has 0 aliphatic carbocycles. The summed E-state index contributed by atoms with van der Waals surface area (Å²) in [6, 6.07) is 6.03. The molecule has 0 aliphatic rings. The summed E-state index contributed by atoms with van der Waals surface area (Å²) in [6.45, 7) is 3.00. The van der Waals surface area contributed by atoms with Gasteiger partial charge < -0.3 is 5.11 Å². The molecule has 2 aromatic rings. The summed E-state index contributed by atoms with van der Waals surface area (Å²) >= 11 is 0. The minimum atomic E-state index is -1.26. The summed E-state index contributed by atoms with van der Waals surface area (Å²) in [5.41, 5.74) is -0.580. The van der Waals surface area contributed by atoms with Crippen molar-refractivity contribution in [3.8, 4) is 0 Å². The van der Waals surface area contributed by atoms with Crippen molar-refractivity contribution in [1.29, 1.82) is 0 Å². The van der Waals surface area contributed by atoms with Crippen LogP contribution in [-0.2, 0) is 16.8 Å². The van der Waals surface area contributed by atoms with Crippen LogP contribution in [0.3, 0.4) is 0 Å². The van der Waals surface area contributed by atoms with Gasteiger partial charge in [-0.1, -0.05) is 12.1 Å². The molecule has 1 aromatic carbocycles. The molecule has 0 amide bonds. The topological polar surface area (TPSA) is 80.9 Å². The zero-order chi connectivity index (χ0) is 14.0. The Balaban J connectivity index is 2.33. The van der Waals surface area contributed by atoms with Gasteiger partial charge in [0, 0.05) is 6.42 Å². The first-order valence-corrected chi connectivity index (χ1v) is 5.67. The van der Waals surface area contributed by atoms with Gasteiger partial charge in [0.05, 0.1) is 0 Å². The summed E-state index contributed by atoms with van der Waals surface area (Å²) < 4.78 is 14.3. The lowest BCUT2D eigenvalue weighted by atomic mass is 10.1. The molecular weight excluding hydrogens is 251 g/mol. The van der Waals surface area contributed by atoms with Crippen molar-refractivity contribution in [3.63, 3.8) is 0 Å². The smallest absolute Gasteiger partial charge is 0.331 e. The quantitative estimate of drug-likeness (QED) is 0.898. The number of carboxylic acid groups (broad SMARTS) is 1. The number of nitrogens with zero attached hydrogens (tertiary/aromatic N) is 4.